The Morgan fingerprint density at radius 2 is 1.73 bits per heavy atom. The van der Waals surface area contributed by atoms with E-state index in [-0.39, 0.29) is 0 Å². The van der Waals surface area contributed by atoms with Gasteiger partial charge in [-0.2, -0.15) is 0 Å². The van der Waals surface area contributed by atoms with Crippen LogP contribution in [-0.2, 0) is 4.79 Å². The van der Waals surface area contributed by atoms with Gasteiger partial charge in [-0.3, -0.25) is 14.7 Å². The molecule has 1 N–H and O–H groups in total. The Bertz CT molecular complexity index is 482. The Balaban J connectivity index is 1.39. The lowest BCUT2D eigenvalue weighted by Gasteiger charge is -2.37. The highest BCUT2D eigenvalue weighted by atomic mass is 16.2. The number of piperidine rings is 1. The summed E-state index contributed by atoms with van der Waals surface area (Å²) in [5.74, 6) is 2.04. The molecule has 0 aliphatic carbocycles. The molecule has 1 atom stereocenters. The highest BCUT2D eigenvalue weighted by Gasteiger charge is 2.25. The van der Waals surface area contributed by atoms with E-state index in [1.54, 1.807) is 0 Å². The zero-order valence-corrected chi connectivity index (χ0v) is 16.6. The van der Waals surface area contributed by atoms with Gasteiger partial charge in [0.1, 0.15) is 0 Å². The molecule has 0 bridgehead atoms. The normalized spacial score (nSPS) is 26.4. The van der Waals surface area contributed by atoms with Gasteiger partial charge in [0.15, 0.2) is 5.96 Å². The number of nitrogens with one attached hydrogen (secondary N) is 1. The predicted molar refractivity (Wildman–Crippen MR) is 105 cm³/mol. The zero-order valence-electron chi connectivity index (χ0n) is 16.6. The molecule has 0 saturated carbocycles. The fourth-order valence-corrected chi connectivity index (χ4v) is 4.38. The number of guanidine groups is 1. The van der Waals surface area contributed by atoms with Gasteiger partial charge in [0.05, 0.1) is 6.54 Å². The number of aliphatic imine (C=N–C) groups is 1. The van der Waals surface area contributed by atoms with Crippen LogP contribution >= 0.6 is 0 Å². The van der Waals surface area contributed by atoms with Gasteiger partial charge >= 0.3 is 0 Å². The van der Waals surface area contributed by atoms with E-state index in [1.807, 2.05) is 11.9 Å². The number of carbonyl (C=O) groups excluding carboxylic acids is 1. The second-order valence-electron chi connectivity index (χ2n) is 8.05. The third-order valence-corrected chi connectivity index (χ3v) is 5.97. The lowest BCUT2D eigenvalue weighted by Crippen LogP contribution is -2.54. The summed E-state index contributed by atoms with van der Waals surface area (Å²) in [6.07, 6.45) is 4.93. The molecule has 26 heavy (non-hydrogen) atoms. The maximum Gasteiger partial charge on any atom is 0.236 e. The molecule has 1 unspecified atom stereocenters. The quantitative estimate of drug-likeness (QED) is 0.568. The second-order valence-corrected chi connectivity index (χ2v) is 8.05. The SMILES string of the molecule is CN=C(NCC1CCCN(C)C1)N1CCN(CC(=O)N2CCCC2)CC1. The van der Waals surface area contributed by atoms with Crippen LogP contribution in [0.2, 0.25) is 0 Å². The minimum Gasteiger partial charge on any atom is -0.356 e. The Morgan fingerprint density at radius 1 is 1.00 bits per heavy atom. The van der Waals surface area contributed by atoms with Crippen molar-refractivity contribution in [1.82, 2.24) is 24.9 Å². The number of nitrogens with zero attached hydrogens (tertiary/aromatic N) is 5. The van der Waals surface area contributed by atoms with Gasteiger partial charge in [-0.1, -0.05) is 0 Å². The first kappa shape index (κ1) is 19.4. The summed E-state index contributed by atoms with van der Waals surface area (Å²) in [5, 5.41) is 3.59. The van der Waals surface area contributed by atoms with Crippen molar-refractivity contribution in [2.75, 3.05) is 79.5 Å². The van der Waals surface area contributed by atoms with Crippen LogP contribution in [-0.4, -0.2) is 111 Å². The Hall–Kier alpha value is -1.34. The summed E-state index contributed by atoms with van der Waals surface area (Å²) in [6, 6.07) is 0. The Morgan fingerprint density at radius 3 is 2.38 bits per heavy atom. The van der Waals surface area contributed by atoms with Crippen LogP contribution in [0, 0.1) is 5.92 Å². The maximum absolute atomic E-state index is 12.3. The number of carbonyl (C=O) groups is 1. The van der Waals surface area contributed by atoms with E-state index >= 15 is 0 Å². The van der Waals surface area contributed by atoms with E-state index in [0.29, 0.717) is 18.4 Å². The van der Waals surface area contributed by atoms with Crippen molar-refractivity contribution in [2.45, 2.75) is 25.7 Å². The molecule has 0 aromatic heterocycles. The fourth-order valence-electron chi connectivity index (χ4n) is 4.38. The van der Waals surface area contributed by atoms with E-state index in [0.717, 1.165) is 64.6 Å². The third kappa shape index (κ3) is 5.33. The van der Waals surface area contributed by atoms with Crippen molar-refractivity contribution in [1.29, 1.82) is 0 Å². The average Bonchev–Trinajstić information content (AvgIpc) is 3.18. The van der Waals surface area contributed by atoms with Crippen LogP contribution in [0.4, 0.5) is 0 Å². The molecular weight excluding hydrogens is 328 g/mol. The minimum absolute atomic E-state index is 0.305. The molecule has 3 fully saturated rings. The summed E-state index contributed by atoms with van der Waals surface area (Å²) in [5.41, 5.74) is 0. The van der Waals surface area contributed by atoms with Gasteiger partial charge in [0.2, 0.25) is 5.91 Å². The molecule has 1 amide bonds. The van der Waals surface area contributed by atoms with Crippen LogP contribution in [0.25, 0.3) is 0 Å². The first-order valence-corrected chi connectivity index (χ1v) is 10.3. The number of hydrogen-bond acceptors (Lipinski definition) is 4. The smallest absolute Gasteiger partial charge is 0.236 e. The molecule has 0 aromatic carbocycles. The molecule has 3 heterocycles. The second kappa shape index (κ2) is 9.55. The minimum atomic E-state index is 0.305. The van der Waals surface area contributed by atoms with Gasteiger partial charge in [0.25, 0.3) is 0 Å². The Labute approximate surface area is 158 Å². The molecule has 3 aliphatic rings. The van der Waals surface area contributed by atoms with Gasteiger partial charge in [-0.25, -0.2) is 0 Å². The molecule has 7 nitrogen and oxygen atoms in total. The number of likely N-dealkylation sites (tertiary alicyclic amines) is 2. The lowest BCUT2D eigenvalue weighted by atomic mass is 9.98. The molecule has 3 rings (SSSR count). The van der Waals surface area contributed by atoms with E-state index in [9.17, 15) is 4.79 Å². The highest BCUT2D eigenvalue weighted by Crippen LogP contribution is 2.14. The van der Waals surface area contributed by atoms with Crippen molar-refractivity contribution in [3.8, 4) is 0 Å². The molecule has 0 radical (unpaired) electrons. The van der Waals surface area contributed by atoms with Crippen molar-refractivity contribution in [3.63, 3.8) is 0 Å². The summed E-state index contributed by atoms with van der Waals surface area (Å²) >= 11 is 0. The van der Waals surface area contributed by atoms with Crippen molar-refractivity contribution in [2.24, 2.45) is 10.9 Å². The van der Waals surface area contributed by atoms with Crippen LogP contribution in [0.3, 0.4) is 0 Å². The van der Waals surface area contributed by atoms with E-state index in [1.165, 1.54) is 25.9 Å². The number of amides is 1. The summed E-state index contributed by atoms with van der Waals surface area (Å²) in [7, 11) is 4.09. The highest BCUT2D eigenvalue weighted by molar-refractivity contribution is 5.80. The van der Waals surface area contributed by atoms with Gasteiger partial charge in [0, 0.05) is 59.4 Å². The van der Waals surface area contributed by atoms with E-state index < -0.39 is 0 Å². The Kier molecular flexibility index (Phi) is 7.14. The van der Waals surface area contributed by atoms with Crippen molar-refractivity contribution < 1.29 is 4.79 Å². The monoisotopic (exact) mass is 364 g/mol. The van der Waals surface area contributed by atoms with Crippen LogP contribution in [0.1, 0.15) is 25.7 Å². The maximum atomic E-state index is 12.3. The molecule has 0 aromatic rings. The summed E-state index contributed by atoms with van der Waals surface area (Å²) < 4.78 is 0. The van der Waals surface area contributed by atoms with E-state index in [2.05, 4.69) is 32.1 Å². The van der Waals surface area contributed by atoms with Crippen molar-refractivity contribution >= 4 is 11.9 Å². The van der Waals surface area contributed by atoms with Crippen LogP contribution in [0.5, 0.6) is 0 Å². The molecule has 3 saturated heterocycles. The molecular formula is C19H36N6O. The number of rotatable bonds is 4. The van der Waals surface area contributed by atoms with Gasteiger partial charge in [-0.15, -0.1) is 0 Å². The number of hydrogen-bond donors (Lipinski definition) is 1. The first-order valence-electron chi connectivity index (χ1n) is 10.3. The van der Waals surface area contributed by atoms with Crippen LogP contribution < -0.4 is 5.32 Å². The lowest BCUT2D eigenvalue weighted by molar-refractivity contribution is -0.131. The standard InChI is InChI=1S/C19H36N6O/c1-20-19(21-14-17-6-5-7-22(2)15-17)25-12-10-23(11-13-25)16-18(26)24-8-3-4-9-24/h17H,3-16H2,1-2H3,(H,20,21). The molecule has 3 aliphatic heterocycles. The first-order chi connectivity index (χ1) is 12.7. The van der Waals surface area contributed by atoms with E-state index in [4.69, 9.17) is 0 Å². The molecule has 7 heteroatoms. The van der Waals surface area contributed by atoms with Gasteiger partial charge < -0.3 is 20.0 Å². The van der Waals surface area contributed by atoms with Gasteiger partial charge in [-0.05, 0) is 45.2 Å². The fraction of sp³-hybridized carbons (Fsp3) is 0.895. The van der Waals surface area contributed by atoms with Crippen molar-refractivity contribution in [3.05, 3.63) is 0 Å². The number of piperazine rings is 1. The average molecular weight is 365 g/mol. The topological polar surface area (TPSA) is 54.4 Å². The third-order valence-electron chi connectivity index (χ3n) is 5.97. The predicted octanol–water partition coefficient (Wildman–Crippen LogP) is 0.144. The molecule has 148 valence electrons. The molecule has 0 spiro atoms. The summed E-state index contributed by atoms with van der Waals surface area (Å²) in [4.78, 5) is 25.9. The largest absolute Gasteiger partial charge is 0.356 e. The van der Waals surface area contributed by atoms with Crippen LogP contribution in [0.15, 0.2) is 4.99 Å². The summed E-state index contributed by atoms with van der Waals surface area (Å²) in [6.45, 7) is 9.64. The zero-order chi connectivity index (χ0) is 18.4.